The van der Waals surface area contributed by atoms with Crippen LogP contribution < -0.4 is 0 Å². The average Bonchev–Trinajstić information content (AvgIpc) is 2.33. The highest BCUT2D eigenvalue weighted by Gasteiger charge is 2.12. The first-order valence-electron chi connectivity index (χ1n) is 6.74. The van der Waals surface area contributed by atoms with Crippen molar-refractivity contribution in [2.45, 2.75) is 56.7 Å². The SMILES string of the molecule is CCCCCCCCC(Br)c1ccc(F)cc1F. The van der Waals surface area contributed by atoms with Crippen molar-refractivity contribution in [2.24, 2.45) is 0 Å². The van der Waals surface area contributed by atoms with Crippen molar-refractivity contribution in [2.75, 3.05) is 0 Å². The van der Waals surface area contributed by atoms with Gasteiger partial charge in [-0.1, -0.05) is 67.4 Å². The third-order valence-electron chi connectivity index (χ3n) is 3.11. The topological polar surface area (TPSA) is 0 Å². The second-order valence-corrected chi connectivity index (χ2v) is 5.80. The number of halogens is 3. The van der Waals surface area contributed by atoms with Crippen LogP contribution in [-0.2, 0) is 0 Å². The highest BCUT2D eigenvalue weighted by atomic mass is 79.9. The Labute approximate surface area is 117 Å². The van der Waals surface area contributed by atoms with Gasteiger partial charge in [-0.05, 0) is 12.5 Å². The van der Waals surface area contributed by atoms with Gasteiger partial charge in [-0.3, -0.25) is 0 Å². The Morgan fingerprint density at radius 3 is 2.39 bits per heavy atom. The zero-order valence-electron chi connectivity index (χ0n) is 10.9. The fourth-order valence-corrected chi connectivity index (χ4v) is 2.71. The van der Waals surface area contributed by atoms with Crippen LogP contribution in [0.25, 0.3) is 0 Å². The molecular formula is C15H21BrF2. The molecule has 1 aromatic carbocycles. The second-order valence-electron chi connectivity index (χ2n) is 4.69. The van der Waals surface area contributed by atoms with E-state index in [2.05, 4.69) is 22.9 Å². The molecule has 18 heavy (non-hydrogen) atoms. The summed E-state index contributed by atoms with van der Waals surface area (Å²) in [7, 11) is 0. The Morgan fingerprint density at radius 2 is 1.72 bits per heavy atom. The summed E-state index contributed by atoms with van der Waals surface area (Å²) in [5, 5.41) is 0. The molecule has 1 unspecified atom stereocenters. The van der Waals surface area contributed by atoms with Crippen molar-refractivity contribution in [1.82, 2.24) is 0 Å². The summed E-state index contributed by atoms with van der Waals surface area (Å²) in [5.41, 5.74) is 0.560. The fourth-order valence-electron chi connectivity index (χ4n) is 2.01. The van der Waals surface area contributed by atoms with E-state index in [9.17, 15) is 8.78 Å². The van der Waals surface area contributed by atoms with E-state index in [1.807, 2.05) is 0 Å². The lowest BCUT2D eigenvalue weighted by Gasteiger charge is -2.11. The van der Waals surface area contributed by atoms with Crippen LogP contribution in [-0.4, -0.2) is 0 Å². The third kappa shape index (κ3) is 5.47. The Bertz CT molecular complexity index is 352. The third-order valence-corrected chi connectivity index (χ3v) is 4.06. The fraction of sp³-hybridized carbons (Fsp3) is 0.600. The van der Waals surface area contributed by atoms with Gasteiger partial charge in [0.25, 0.3) is 0 Å². The van der Waals surface area contributed by atoms with Gasteiger partial charge < -0.3 is 0 Å². The lowest BCUT2D eigenvalue weighted by molar-refractivity contribution is 0.556. The first-order valence-corrected chi connectivity index (χ1v) is 7.65. The first kappa shape index (κ1) is 15.6. The molecule has 0 aliphatic heterocycles. The van der Waals surface area contributed by atoms with E-state index in [1.165, 1.54) is 44.2 Å². The molecular weight excluding hydrogens is 298 g/mol. The number of unbranched alkanes of at least 4 members (excludes halogenated alkanes) is 5. The standard InChI is InChI=1S/C15H21BrF2/c1-2-3-4-5-6-7-8-14(16)13-10-9-12(17)11-15(13)18/h9-11,14H,2-8H2,1H3. The van der Waals surface area contributed by atoms with E-state index in [-0.39, 0.29) is 4.83 Å². The molecule has 0 nitrogen and oxygen atoms in total. The first-order chi connectivity index (χ1) is 8.65. The van der Waals surface area contributed by atoms with Gasteiger partial charge in [0, 0.05) is 16.5 Å². The molecule has 0 N–H and O–H groups in total. The minimum Gasteiger partial charge on any atom is -0.207 e. The lowest BCUT2D eigenvalue weighted by atomic mass is 10.0. The molecule has 0 amide bonds. The summed E-state index contributed by atoms with van der Waals surface area (Å²) < 4.78 is 26.3. The second kappa shape index (κ2) is 8.63. The number of hydrogen-bond acceptors (Lipinski definition) is 0. The molecule has 0 bridgehead atoms. The maximum absolute atomic E-state index is 13.5. The molecule has 0 fully saturated rings. The minimum atomic E-state index is -0.518. The molecule has 102 valence electrons. The summed E-state index contributed by atoms with van der Waals surface area (Å²) in [4.78, 5) is -0.00993. The average molecular weight is 319 g/mol. The Morgan fingerprint density at radius 1 is 1.06 bits per heavy atom. The Hall–Kier alpha value is -0.440. The molecule has 1 atom stereocenters. The van der Waals surface area contributed by atoms with Crippen molar-refractivity contribution < 1.29 is 8.78 Å². The molecule has 1 rings (SSSR count). The minimum absolute atomic E-state index is 0.00993. The number of hydrogen-bond donors (Lipinski definition) is 0. The summed E-state index contributed by atoms with van der Waals surface area (Å²) >= 11 is 3.48. The van der Waals surface area contributed by atoms with Gasteiger partial charge in [-0.15, -0.1) is 0 Å². The molecule has 0 saturated carbocycles. The quantitative estimate of drug-likeness (QED) is 0.398. The van der Waals surface area contributed by atoms with E-state index in [0.29, 0.717) is 5.56 Å². The summed E-state index contributed by atoms with van der Waals surface area (Å²) in [6.07, 6.45) is 8.25. The Balaban J connectivity index is 2.29. The number of benzene rings is 1. The van der Waals surface area contributed by atoms with Gasteiger partial charge in [0.15, 0.2) is 0 Å². The van der Waals surface area contributed by atoms with Crippen LogP contribution in [0.1, 0.15) is 62.3 Å². The van der Waals surface area contributed by atoms with Crippen LogP contribution in [0.15, 0.2) is 18.2 Å². The monoisotopic (exact) mass is 318 g/mol. The van der Waals surface area contributed by atoms with E-state index in [0.717, 1.165) is 18.9 Å². The molecule has 1 aromatic rings. The molecule has 0 aliphatic rings. The van der Waals surface area contributed by atoms with E-state index < -0.39 is 11.6 Å². The van der Waals surface area contributed by atoms with E-state index >= 15 is 0 Å². The van der Waals surface area contributed by atoms with E-state index in [1.54, 1.807) is 0 Å². The number of rotatable bonds is 8. The summed E-state index contributed by atoms with van der Waals surface area (Å²) in [6, 6.07) is 3.79. The van der Waals surface area contributed by atoms with Crippen LogP contribution in [0.5, 0.6) is 0 Å². The molecule has 3 heteroatoms. The molecule has 0 saturated heterocycles. The van der Waals surface area contributed by atoms with Gasteiger partial charge in [0.05, 0.1) is 0 Å². The van der Waals surface area contributed by atoms with Crippen LogP contribution in [0.4, 0.5) is 8.78 Å². The lowest BCUT2D eigenvalue weighted by Crippen LogP contribution is -1.95. The van der Waals surface area contributed by atoms with Crippen molar-refractivity contribution in [3.63, 3.8) is 0 Å². The van der Waals surface area contributed by atoms with Gasteiger partial charge in [0.1, 0.15) is 11.6 Å². The number of alkyl halides is 1. The summed E-state index contributed by atoms with van der Waals surface area (Å²) in [6.45, 7) is 2.20. The van der Waals surface area contributed by atoms with Crippen LogP contribution >= 0.6 is 15.9 Å². The smallest absolute Gasteiger partial charge is 0.130 e. The highest BCUT2D eigenvalue weighted by Crippen LogP contribution is 2.30. The zero-order chi connectivity index (χ0) is 13.4. The van der Waals surface area contributed by atoms with Crippen LogP contribution in [0.3, 0.4) is 0 Å². The largest absolute Gasteiger partial charge is 0.207 e. The molecule has 0 aliphatic carbocycles. The normalized spacial score (nSPS) is 12.7. The zero-order valence-corrected chi connectivity index (χ0v) is 12.5. The molecule has 0 heterocycles. The Kier molecular flexibility index (Phi) is 7.48. The van der Waals surface area contributed by atoms with Crippen LogP contribution in [0, 0.1) is 11.6 Å². The van der Waals surface area contributed by atoms with Crippen molar-refractivity contribution in [3.05, 3.63) is 35.4 Å². The van der Waals surface area contributed by atoms with Gasteiger partial charge >= 0.3 is 0 Å². The van der Waals surface area contributed by atoms with E-state index in [4.69, 9.17) is 0 Å². The predicted molar refractivity (Wildman–Crippen MR) is 76.0 cm³/mol. The van der Waals surface area contributed by atoms with Crippen molar-refractivity contribution in [1.29, 1.82) is 0 Å². The molecule has 0 radical (unpaired) electrons. The van der Waals surface area contributed by atoms with Gasteiger partial charge in [-0.25, -0.2) is 8.78 Å². The maximum atomic E-state index is 13.5. The van der Waals surface area contributed by atoms with Gasteiger partial charge in [0.2, 0.25) is 0 Å². The van der Waals surface area contributed by atoms with Crippen molar-refractivity contribution in [3.8, 4) is 0 Å². The predicted octanol–water partition coefficient (Wildman–Crippen LogP) is 6.15. The molecule has 0 aromatic heterocycles. The highest BCUT2D eigenvalue weighted by molar-refractivity contribution is 9.09. The molecule has 0 spiro atoms. The van der Waals surface area contributed by atoms with Crippen LogP contribution in [0.2, 0.25) is 0 Å². The summed E-state index contributed by atoms with van der Waals surface area (Å²) in [5.74, 6) is -0.974. The van der Waals surface area contributed by atoms with Gasteiger partial charge in [-0.2, -0.15) is 0 Å². The van der Waals surface area contributed by atoms with Crippen molar-refractivity contribution >= 4 is 15.9 Å². The maximum Gasteiger partial charge on any atom is 0.130 e.